The summed E-state index contributed by atoms with van der Waals surface area (Å²) >= 11 is 2.80. The van der Waals surface area contributed by atoms with Gasteiger partial charge in [-0.1, -0.05) is 17.8 Å². The lowest BCUT2D eigenvalue weighted by molar-refractivity contribution is -0.120. The Hall–Kier alpha value is -1.60. The first-order chi connectivity index (χ1) is 10.4. The minimum absolute atomic E-state index is 0.0620. The number of amides is 1. The van der Waals surface area contributed by atoms with Gasteiger partial charge in [-0.2, -0.15) is 0 Å². The standard InChI is InChI=1S/C15H19N3O2S2/c1-6-7-16-12(19)10(4)22-15-17-13-11(14(20)18(15)5)8(2)9(3)21-13/h6,10H,1,7H2,2-5H3,(H,16,19). The highest BCUT2D eigenvalue weighted by atomic mass is 32.2. The molecule has 0 aliphatic rings. The van der Waals surface area contributed by atoms with Crippen LogP contribution in [-0.2, 0) is 11.8 Å². The lowest BCUT2D eigenvalue weighted by Gasteiger charge is -2.12. The number of nitrogens with one attached hydrogen (secondary N) is 1. The van der Waals surface area contributed by atoms with Crippen LogP contribution >= 0.6 is 23.1 Å². The van der Waals surface area contributed by atoms with Gasteiger partial charge in [0.15, 0.2) is 5.16 Å². The third kappa shape index (κ3) is 3.10. The van der Waals surface area contributed by atoms with Crippen molar-refractivity contribution in [3.63, 3.8) is 0 Å². The maximum Gasteiger partial charge on any atom is 0.262 e. The zero-order valence-electron chi connectivity index (χ0n) is 13.1. The van der Waals surface area contributed by atoms with Crippen molar-refractivity contribution in [3.05, 3.63) is 33.4 Å². The highest BCUT2D eigenvalue weighted by molar-refractivity contribution is 8.00. The van der Waals surface area contributed by atoms with Gasteiger partial charge in [-0.3, -0.25) is 14.2 Å². The first kappa shape index (κ1) is 16.8. The van der Waals surface area contributed by atoms with E-state index in [9.17, 15) is 9.59 Å². The van der Waals surface area contributed by atoms with Crippen LogP contribution in [0.15, 0.2) is 22.6 Å². The van der Waals surface area contributed by atoms with Gasteiger partial charge in [0.05, 0.1) is 10.6 Å². The van der Waals surface area contributed by atoms with Crippen LogP contribution in [0.25, 0.3) is 10.2 Å². The molecule has 7 heteroatoms. The number of thiophene rings is 1. The zero-order chi connectivity index (χ0) is 16.4. The summed E-state index contributed by atoms with van der Waals surface area (Å²) in [6.45, 7) is 9.72. The second-order valence-corrected chi connectivity index (χ2v) is 7.53. The monoisotopic (exact) mass is 337 g/mol. The van der Waals surface area contributed by atoms with Crippen LogP contribution < -0.4 is 10.9 Å². The van der Waals surface area contributed by atoms with Crippen molar-refractivity contribution in [3.8, 4) is 0 Å². The topological polar surface area (TPSA) is 64.0 Å². The van der Waals surface area contributed by atoms with E-state index in [2.05, 4.69) is 16.9 Å². The summed E-state index contributed by atoms with van der Waals surface area (Å²) in [5.41, 5.74) is 0.925. The number of fused-ring (bicyclic) bond motifs is 1. The van der Waals surface area contributed by atoms with Gasteiger partial charge >= 0.3 is 0 Å². The molecule has 0 spiro atoms. The number of hydrogen-bond donors (Lipinski definition) is 1. The summed E-state index contributed by atoms with van der Waals surface area (Å²) in [4.78, 5) is 30.8. The minimum Gasteiger partial charge on any atom is -0.352 e. The maximum absolute atomic E-state index is 12.5. The number of hydrogen-bond acceptors (Lipinski definition) is 5. The van der Waals surface area contributed by atoms with Crippen LogP contribution in [-0.4, -0.2) is 27.3 Å². The number of aromatic nitrogens is 2. The Morgan fingerprint density at radius 3 is 2.86 bits per heavy atom. The van der Waals surface area contributed by atoms with Crippen molar-refractivity contribution < 1.29 is 4.79 Å². The molecule has 0 aliphatic heterocycles. The molecule has 0 fully saturated rings. The summed E-state index contributed by atoms with van der Waals surface area (Å²) in [6, 6.07) is 0. The van der Waals surface area contributed by atoms with E-state index in [1.54, 1.807) is 20.0 Å². The van der Waals surface area contributed by atoms with Gasteiger partial charge in [-0.25, -0.2) is 4.98 Å². The zero-order valence-corrected chi connectivity index (χ0v) is 14.7. The molecular formula is C15H19N3O2S2. The van der Waals surface area contributed by atoms with Gasteiger partial charge < -0.3 is 5.32 Å². The van der Waals surface area contributed by atoms with Gasteiger partial charge in [-0.15, -0.1) is 17.9 Å². The molecule has 5 nitrogen and oxygen atoms in total. The van der Waals surface area contributed by atoms with E-state index in [0.717, 1.165) is 15.3 Å². The predicted molar refractivity (Wildman–Crippen MR) is 92.9 cm³/mol. The normalized spacial score (nSPS) is 12.4. The highest BCUT2D eigenvalue weighted by Crippen LogP contribution is 2.29. The van der Waals surface area contributed by atoms with E-state index in [4.69, 9.17) is 0 Å². The fourth-order valence-electron chi connectivity index (χ4n) is 1.99. The van der Waals surface area contributed by atoms with E-state index in [1.165, 1.54) is 27.7 Å². The molecule has 1 unspecified atom stereocenters. The Morgan fingerprint density at radius 1 is 1.55 bits per heavy atom. The summed E-state index contributed by atoms with van der Waals surface area (Å²) in [5, 5.41) is 3.65. The minimum atomic E-state index is -0.336. The average molecular weight is 337 g/mol. The summed E-state index contributed by atoms with van der Waals surface area (Å²) in [6.07, 6.45) is 1.63. The molecule has 118 valence electrons. The summed E-state index contributed by atoms with van der Waals surface area (Å²) in [5.74, 6) is -0.0993. The molecule has 0 saturated carbocycles. The molecule has 0 radical (unpaired) electrons. The smallest absolute Gasteiger partial charge is 0.262 e. The van der Waals surface area contributed by atoms with Crippen molar-refractivity contribution >= 4 is 39.2 Å². The number of nitrogens with zero attached hydrogens (tertiary/aromatic N) is 2. The summed E-state index contributed by atoms with van der Waals surface area (Å²) < 4.78 is 1.52. The van der Waals surface area contributed by atoms with Crippen LogP contribution in [0, 0.1) is 13.8 Å². The van der Waals surface area contributed by atoms with Gasteiger partial charge in [0.1, 0.15) is 4.83 Å². The molecule has 2 aromatic heterocycles. The first-order valence-corrected chi connectivity index (χ1v) is 8.58. The third-order valence-corrected chi connectivity index (χ3v) is 5.69. The Bertz CT molecular complexity index is 792. The number of carbonyl (C=O) groups is 1. The maximum atomic E-state index is 12.5. The van der Waals surface area contributed by atoms with E-state index in [-0.39, 0.29) is 16.7 Å². The predicted octanol–water partition coefficient (Wildman–Crippen LogP) is 2.39. The van der Waals surface area contributed by atoms with Crippen molar-refractivity contribution in [2.45, 2.75) is 31.2 Å². The molecule has 2 aromatic rings. The molecule has 0 aromatic carbocycles. The van der Waals surface area contributed by atoms with Crippen LogP contribution in [0.1, 0.15) is 17.4 Å². The van der Waals surface area contributed by atoms with E-state index in [1.807, 2.05) is 13.8 Å². The molecule has 1 atom stereocenters. The molecule has 0 aliphatic carbocycles. The Kier molecular flexibility index (Phi) is 5.08. The lowest BCUT2D eigenvalue weighted by Crippen LogP contribution is -2.31. The van der Waals surface area contributed by atoms with E-state index >= 15 is 0 Å². The van der Waals surface area contributed by atoms with Crippen LogP contribution in [0.5, 0.6) is 0 Å². The van der Waals surface area contributed by atoms with Crippen molar-refractivity contribution in [1.82, 2.24) is 14.9 Å². The largest absolute Gasteiger partial charge is 0.352 e. The molecule has 2 heterocycles. The average Bonchev–Trinajstić information content (AvgIpc) is 2.76. The second kappa shape index (κ2) is 6.66. The molecule has 0 saturated heterocycles. The van der Waals surface area contributed by atoms with Crippen molar-refractivity contribution in [2.24, 2.45) is 7.05 Å². The molecule has 0 bridgehead atoms. The first-order valence-electron chi connectivity index (χ1n) is 6.88. The number of thioether (sulfide) groups is 1. The van der Waals surface area contributed by atoms with Gasteiger partial charge in [0.25, 0.3) is 5.56 Å². The van der Waals surface area contributed by atoms with Gasteiger partial charge in [-0.05, 0) is 26.3 Å². The van der Waals surface area contributed by atoms with Crippen LogP contribution in [0.3, 0.4) is 0 Å². The fraction of sp³-hybridized carbons (Fsp3) is 0.400. The molecule has 2 rings (SSSR count). The fourth-order valence-corrected chi connectivity index (χ4v) is 3.96. The molecule has 22 heavy (non-hydrogen) atoms. The Morgan fingerprint density at radius 2 is 2.23 bits per heavy atom. The van der Waals surface area contributed by atoms with E-state index < -0.39 is 0 Å². The van der Waals surface area contributed by atoms with Gasteiger partial charge in [0, 0.05) is 18.5 Å². The summed E-state index contributed by atoms with van der Waals surface area (Å²) in [7, 11) is 1.69. The third-order valence-electron chi connectivity index (χ3n) is 3.44. The van der Waals surface area contributed by atoms with Crippen molar-refractivity contribution in [1.29, 1.82) is 0 Å². The second-order valence-electron chi connectivity index (χ2n) is 5.02. The number of aryl methyl sites for hydroxylation is 2. The van der Waals surface area contributed by atoms with Gasteiger partial charge in [0.2, 0.25) is 5.91 Å². The number of carbonyl (C=O) groups excluding carboxylic acids is 1. The Balaban J connectivity index is 2.36. The molecule has 1 N–H and O–H groups in total. The quantitative estimate of drug-likeness (QED) is 0.517. The van der Waals surface area contributed by atoms with Crippen LogP contribution in [0.4, 0.5) is 0 Å². The SMILES string of the molecule is C=CCNC(=O)C(C)Sc1nc2sc(C)c(C)c2c(=O)n1C. The van der Waals surface area contributed by atoms with E-state index in [0.29, 0.717) is 17.1 Å². The highest BCUT2D eigenvalue weighted by Gasteiger charge is 2.19. The van der Waals surface area contributed by atoms with Crippen molar-refractivity contribution in [2.75, 3.05) is 6.54 Å². The lowest BCUT2D eigenvalue weighted by atomic mass is 10.2. The molecular weight excluding hydrogens is 318 g/mol. The molecule has 1 amide bonds. The Labute approximate surface area is 137 Å². The number of rotatable bonds is 5. The van der Waals surface area contributed by atoms with Crippen LogP contribution in [0.2, 0.25) is 0 Å².